The molecule has 1 aromatic heterocycles. The number of carbonyl (C=O) groups is 1. The van der Waals surface area contributed by atoms with Crippen molar-refractivity contribution >= 4 is 22.5 Å². The minimum absolute atomic E-state index is 0.0976. The molecule has 2 heterocycles. The number of anilines is 1. The highest BCUT2D eigenvalue weighted by atomic mass is 16.5. The predicted molar refractivity (Wildman–Crippen MR) is 113 cm³/mol. The van der Waals surface area contributed by atoms with E-state index in [9.17, 15) is 4.79 Å². The molecule has 6 heteroatoms. The molecule has 2 aromatic carbocycles. The summed E-state index contributed by atoms with van der Waals surface area (Å²) in [4.78, 5) is 15.9. The fourth-order valence-electron chi connectivity index (χ4n) is 3.61. The second-order valence-electron chi connectivity index (χ2n) is 7.40. The van der Waals surface area contributed by atoms with Crippen molar-refractivity contribution in [2.24, 2.45) is 0 Å². The van der Waals surface area contributed by atoms with Gasteiger partial charge in [-0.05, 0) is 61.2 Å². The lowest BCUT2D eigenvalue weighted by Gasteiger charge is -2.16. The lowest BCUT2D eigenvalue weighted by Crippen LogP contribution is -2.19. The lowest BCUT2D eigenvalue weighted by atomic mass is 10.1. The maximum atomic E-state index is 12.7. The first-order valence-electron chi connectivity index (χ1n) is 9.91. The number of H-pyrrole nitrogens is 1. The normalized spacial score (nSPS) is 16.1. The van der Waals surface area contributed by atoms with Gasteiger partial charge in [0, 0.05) is 23.7 Å². The standard InChI is InChI=1S/C23H26N2O4/c1-15-5-7-21(22(10-15)29-14-18-4-3-9-28-18)25-23(26)11-16-13-24-20-8-6-17(27-2)12-19(16)20/h5-8,10,12-13,18,24H,3-4,9,11,14H2,1-2H3,(H,25,26). The van der Waals surface area contributed by atoms with Crippen LogP contribution in [0.15, 0.2) is 42.6 Å². The molecule has 0 saturated carbocycles. The molecule has 0 bridgehead atoms. The summed E-state index contributed by atoms with van der Waals surface area (Å²) >= 11 is 0. The highest BCUT2D eigenvalue weighted by Crippen LogP contribution is 2.28. The number of aromatic nitrogens is 1. The van der Waals surface area contributed by atoms with Gasteiger partial charge >= 0.3 is 0 Å². The molecule has 1 aliphatic heterocycles. The quantitative estimate of drug-likeness (QED) is 0.629. The predicted octanol–water partition coefficient (Wildman–Crippen LogP) is 4.22. The van der Waals surface area contributed by atoms with Crippen LogP contribution in [0.3, 0.4) is 0 Å². The Kier molecular flexibility index (Phi) is 5.71. The number of nitrogens with one attached hydrogen (secondary N) is 2. The van der Waals surface area contributed by atoms with Crippen molar-refractivity contribution in [1.29, 1.82) is 0 Å². The van der Waals surface area contributed by atoms with Gasteiger partial charge in [0.25, 0.3) is 0 Å². The van der Waals surface area contributed by atoms with Crippen LogP contribution in [0, 0.1) is 6.92 Å². The van der Waals surface area contributed by atoms with E-state index in [1.807, 2.05) is 49.5 Å². The largest absolute Gasteiger partial charge is 0.497 e. The average molecular weight is 394 g/mol. The maximum Gasteiger partial charge on any atom is 0.228 e. The summed E-state index contributed by atoms with van der Waals surface area (Å²) in [6.45, 7) is 3.29. The van der Waals surface area contributed by atoms with Crippen LogP contribution in [-0.4, -0.2) is 37.3 Å². The van der Waals surface area contributed by atoms with Gasteiger partial charge in [-0.3, -0.25) is 4.79 Å². The number of carbonyl (C=O) groups excluding carboxylic acids is 1. The zero-order valence-electron chi connectivity index (χ0n) is 16.8. The molecule has 1 unspecified atom stereocenters. The second-order valence-corrected chi connectivity index (χ2v) is 7.40. The summed E-state index contributed by atoms with van der Waals surface area (Å²) in [6.07, 6.45) is 4.33. The zero-order chi connectivity index (χ0) is 20.2. The Labute approximate surface area is 170 Å². The molecule has 0 radical (unpaired) electrons. The Bertz CT molecular complexity index is 1010. The maximum absolute atomic E-state index is 12.7. The molecule has 1 aliphatic rings. The minimum Gasteiger partial charge on any atom is -0.497 e. The minimum atomic E-state index is -0.0976. The van der Waals surface area contributed by atoms with Gasteiger partial charge in [-0.15, -0.1) is 0 Å². The topological polar surface area (TPSA) is 72.6 Å². The van der Waals surface area contributed by atoms with Gasteiger partial charge < -0.3 is 24.5 Å². The van der Waals surface area contributed by atoms with Gasteiger partial charge in [0.05, 0.1) is 25.3 Å². The van der Waals surface area contributed by atoms with Crippen molar-refractivity contribution in [2.75, 3.05) is 25.6 Å². The number of amides is 1. The highest BCUT2D eigenvalue weighted by Gasteiger charge is 2.18. The molecule has 4 rings (SSSR count). The molecular weight excluding hydrogens is 368 g/mol. The van der Waals surface area contributed by atoms with E-state index in [1.165, 1.54) is 0 Å². The van der Waals surface area contributed by atoms with E-state index in [-0.39, 0.29) is 18.4 Å². The number of hydrogen-bond donors (Lipinski definition) is 2. The Hall–Kier alpha value is -2.99. The van der Waals surface area contributed by atoms with E-state index in [1.54, 1.807) is 7.11 Å². The van der Waals surface area contributed by atoms with E-state index in [0.29, 0.717) is 18.0 Å². The second kappa shape index (κ2) is 8.57. The molecule has 0 spiro atoms. The summed E-state index contributed by atoms with van der Waals surface area (Å²) in [5, 5.41) is 3.98. The summed E-state index contributed by atoms with van der Waals surface area (Å²) in [5.41, 5.74) is 3.65. The molecule has 6 nitrogen and oxygen atoms in total. The number of rotatable bonds is 7. The van der Waals surface area contributed by atoms with E-state index >= 15 is 0 Å². The van der Waals surface area contributed by atoms with Crippen LogP contribution in [0.4, 0.5) is 5.69 Å². The fourth-order valence-corrected chi connectivity index (χ4v) is 3.61. The number of aryl methyl sites for hydroxylation is 1. The molecule has 2 N–H and O–H groups in total. The third-order valence-corrected chi connectivity index (χ3v) is 5.19. The molecule has 1 amide bonds. The third-order valence-electron chi connectivity index (χ3n) is 5.19. The zero-order valence-corrected chi connectivity index (χ0v) is 16.8. The number of aromatic amines is 1. The average Bonchev–Trinajstić information content (AvgIpc) is 3.38. The van der Waals surface area contributed by atoms with Crippen LogP contribution in [0.1, 0.15) is 24.0 Å². The van der Waals surface area contributed by atoms with Crippen molar-refractivity contribution in [2.45, 2.75) is 32.3 Å². The Morgan fingerprint density at radius 2 is 2.17 bits per heavy atom. The van der Waals surface area contributed by atoms with Gasteiger partial charge in [0.15, 0.2) is 0 Å². The van der Waals surface area contributed by atoms with E-state index in [4.69, 9.17) is 14.2 Å². The first-order chi connectivity index (χ1) is 14.1. The molecule has 3 aromatic rings. The van der Waals surface area contributed by atoms with Gasteiger partial charge in [-0.25, -0.2) is 0 Å². The van der Waals surface area contributed by atoms with Crippen LogP contribution >= 0.6 is 0 Å². The third kappa shape index (κ3) is 4.54. The number of benzene rings is 2. The first-order valence-corrected chi connectivity index (χ1v) is 9.91. The number of hydrogen-bond acceptors (Lipinski definition) is 4. The van der Waals surface area contributed by atoms with Crippen molar-refractivity contribution in [1.82, 2.24) is 4.98 Å². The highest BCUT2D eigenvalue weighted by molar-refractivity contribution is 5.97. The number of ether oxygens (including phenoxy) is 3. The van der Waals surface area contributed by atoms with Crippen LogP contribution < -0.4 is 14.8 Å². The molecule has 1 saturated heterocycles. The fraction of sp³-hybridized carbons (Fsp3) is 0.348. The van der Waals surface area contributed by atoms with Crippen molar-refractivity contribution < 1.29 is 19.0 Å². The van der Waals surface area contributed by atoms with Gasteiger partial charge in [0.1, 0.15) is 18.1 Å². The van der Waals surface area contributed by atoms with Crippen molar-refractivity contribution in [3.05, 3.63) is 53.7 Å². The monoisotopic (exact) mass is 394 g/mol. The summed E-state index contributed by atoms with van der Waals surface area (Å²) in [7, 11) is 1.63. The van der Waals surface area contributed by atoms with E-state index < -0.39 is 0 Å². The smallest absolute Gasteiger partial charge is 0.228 e. The van der Waals surface area contributed by atoms with Crippen LogP contribution in [0.25, 0.3) is 10.9 Å². The molecule has 152 valence electrons. The SMILES string of the molecule is COc1ccc2[nH]cc(CC(=O)Nc3ccc(C)cc3OCC3CCCO3)c2c1. The Morgan fingerprint density at radius 1 is 1.28 bits per heavy atom. The van der Waals surface area contributed by atoms with Gasteiger partial charge in [-0.2, -0.15) is 0 Å². The summed E-state index contributed by atoms with van der Waals surface area (Å²) in [6, 6.07) is 11.6. The molecular formula is C23H26N2O4. The van der Waals surface area contributed by atoms with Crippen LogP contribution in [0.5, 0.6) is 11.5 Å². The van der Waals surface area contributed by atoms with Crippen molar-refractivity contribution in [3.63, 3.8) is 0 Å². The Balaban J connectivity index is 1.46. The summed E-state index contributed by atoms with van der Waals surface area (Å²) < 4.78 is 16.9. The van der Waals surface area contributed by atoms with Crippen molar-refractivity contribution in [3.8, 4) is 11.5 Å². The number of fused-ring (bicyclic) bond motifs is 1. The van der Waals surface area contributed by atoms with Gasteiger partial charge in [0.2, 0.25) is 5.91 Å². The van der Waals surface area contributed by atoms with Crippen LogP contribution in [0.2, 0.25) is 0 Å². The lowest BCUT2D eigenvalue weighted by molar-refractivity contribution is -0.115. The number of methoxy groups -OCH3 is 1. The molecule has 29 heavy (non-hydrogen) atoms. The van der Waals surface area contributed by atoms with E-state index in [2.05, 4.69) is 10.3 Å². The van der Waals surface area contributed by atoms with E-state index in [0.717, 1.165) is 47.2 Å². The van der Waals surface area contributed by atoms with Gasteiger partial charge in [-0.1, -0.05) is 6.07 Å². The molecule has 1 fully saturated rings. The summed E-state index contributed by atoms with van der Waals surface area (Å²) in [5.74, 6) is 1.34. The van der Waals surface area contributed by atoms with Crippen LogP contribution in [-0.2, 0) is 16.0 Å². The molecule has 0 aliphatic carbocycles. The molecule has 1 atom stereocenters. The Morgan fingerprint density at radius 3 is 2.97 bits per heavy atom. The first kappa shape index (κ1) is 19.3.